The standard InChI is InChI=1S/C21H23NO5S/c1-4-26-21(25)18-15-6-5-7-16(15)28-19(18)22-17(23)11-27-20(24)14-9-12(2)8-13(3)10-14/h8-10H,4-7,11H2,1-3H3,(H,22,23). The molecule has 6 nitrogen and oxygen atoms in total. The molecule has 0 saturated carbocycles. The highest BCUT2D eigenvalue weighted by Gasteiger charge is 2.28. The van der Waals surface area contributed by atoms with E-state index < -0.39 is 24.5 Å². The number of hydrogen-bond donors (Lipinski definition) is 1. The lowest BCUT2D eigenvalue weighted by Gasteiger charge is -2.09. The van der Waals surface area contributed by atoms with Crippen LogP contribution in [0.1, 0.15) is 55.6 Å². The fourth-order valence-electron chi connectivity index (χ4n) is 3.38. The summed E-state index contributed by atoms with van der Waals surface area (Å²) in [6.07, 6.45) is 2.69. The van der Waals surface area contributed by atoms with E-state index in [1.807, 2.05) is 19.9 Å². The highest BCUT2D eigenvalue weighted by Crippen LogP contribution is 2.39. The van der Waals surface area contributed by atoms with Gasteiger partial charge in [-0.2, -0.15) is 0 Å². The van der Waals surface area contributed by atoms with Crippen molar-refractivity contribution >= 4 is 34.2 Å². The molecule has 0 spiro atoms. The van der Waals surface area contributed by atoms with Crippen LogP contribution >= 0.6 is 11.3 Å². The smallest absolute Gasteiger partial charge is 0.341 e. The van der Waals surface area contributed by atoms with E-state index >= 15 is 0 Å². The van der Waals surface area contributed by atoms with Gasteiger partial charge in [-0.1, -0.05) is 17.2 Å². The summed E-state index contributed by atoms with van der Waals surface area (Å²) in [7, 11) is 0. The number of hydrogen-bond acceptors (Lipinski definition) is 6. The lowest BCUT2D eigenvalue weighted by atomic mass is 10.1. The Morgan fingerprint density at radius 2 is 1.75 bits per heavy atom. The molecule has 0 bridgehead atoms. The van der Waals surface area contributed by atoms with Crippen LogP contribution in [-0.2, 0) is 27.1 Å². The second kappa shape index (κ2) is 8.56. The molecule has 1 aromatic carbocycles. The Balaban J connectivity index is 1.67. The third-order valence-electron chi connectivity index (χ3n) is 4.45. The van der Waals surface area contributed by atoms with Gasteiger partial charge in [-0.3, -0.25) is 4.79 Å². The van der Waals surface area contributed by atoms with E-state index in [4.69, 9.17) is 9.47 Å². The quantitative estimate of drug-likeness (QED) is 0.744. The molecule has 1 heterocycles. The molecule has 28 heavy (non-hydrogen) atoms. The van der Waals surface area contributed by atoms with Crippen LogP contribution in [0.15, 0.2) is 18.2 Å². The summed E-state index contributed by atoms with van der Waals surface area (Å²) in [5.41, 5.74) is 3.71. The van der Waals surface area contributed by atoms with Crippen LogP contribution in [0, 0.1) is 13.8 Å². The number of carbonyl (C=O) groups is 3. The number of esters is 2. The molecule has 0 aliphatic heterocycles. The van der Waals surface area contributed by atoms with E-state index in [0.717, 1.165) is 40.8 Å². The van der Waals surface area contributed by atoms with Gasteiger partial charge in [-0.15, -0.1) is 11.3 Å². The SMILES string of the molecule is CCOC(=O)c1c(NC(=O)COC(=O)c2cc(C)cc(C)c2)sc2c1CCC2. The van der Waals surface area contributed by atoms with Crippen molar-refractivity contribution in [3.8, 4) is 0 Å². The third-order valence-corrected chi connectivity index (χ3v) is 5.65. The van der Waals surface area contributed by atoms with Gasteiger partial charge in [0.15, 0.2) is 6.61 Å². The zero-order valence-electron chi connectivity index (χ0n) is 16.2. The third kappa shape index (κ3) is 4.42. The molecule has 0 unspecified atom stereocenters. The number of amides is 1. The molecule has 148 valence electrons. The summed E-state index contributed by atoms with van der Waals surface area (Å²) in [4.78, 5) is 37.9. The Morgan fingerprint density at radius 3 is 2.43 bits per heavy atom. The molecular formula is C21H23NO5S. The molecule has 0 fully saturated rings. The van der Waals surface area contributed by atoms with Gasteiger partial charge in [-0.25, -0.2) is 9.59 Å². The number of ether oxygens (including phenoxy) is 2. The molecule has 2 aromatic rings. The molecule has 3 rings (SSSR count). The van der Waals surface area contributed by atoms with E-state index in [-0.39, 0.29) is 6.61 Å². The van der Waals surface area contributed by atoms with E-state index in [1.165, 1.54) is 11.3 Å². The first-order valence-corrected chi connectivity index (χ1v) is 10.1. The van der Waals surface area contributed by atoms with Crippen molar-refractivity contribution in [3.05, 3.63) is 50.9 Å². The van der Waals surface area contributed by atoms with Crippen molar-refractivity contribution in [2.45, 2.75) is 40.0 Å². The Morgan fingerprint density at radius 1 is 1.04 bits per heavy atom. The average Bonchev–Trinajstić information content (AvgIpc) is 3.19. The monoisotopic (exact) mass is 401 g/mol. The van der Waals surface area contributed by atoms with Gasteiger partial charge in [0.25, 0.3) is 5.91 Å². The summed E-state index contributed by atoms with van der Waals surface area (Å²) >= 11 is 1.39. The maximum atomic E-state index is 12.3. The summed E-state index contributed by atoms with van der Waals surface area (Å²) < 4.78 is 10.3. The van der Waals surface area contributed by atoms with Crippen molar-refractivity contribution in [3.63, 3.8) is 0 Å². The summed E-state index contributed by atoms with van der Waals surface area (Å²) in [6.45, 7) is 5.38. The molecule has 0 radical (unpaired) electrons. The lowest BCUT2D eigenvalue weighted by Crippen LogP contribution is -2.22. The van der Waals surface area contributed by atoms with Crippen LogP contribution in [0.3, 0.4) is 0 Å². The molecule has 1 N–H and O–H groups in total. The first-order chi connectivity index (χ1) is 13.4. The summed E-state index contributed by atoms with van der Waals surface area (Å²) in [6, 6.07) is 5.39. The number of nitrogens with one attached hydrogen (secondary N) is 1. The zero-order chi connectivity index (χ0) is 20.3. The van der Waals surface area contributed by atoms with Crippen molar-refractivity contribution in [2.75, 3.05) is 18.5 Å². The topological polar surface area (TPSA) is 81.7 Å². The van der Waals surface area contributed by atoms with Crippen molar-refractivity contribution < 1.29 is 23.9 Å². The summed E-state index contributed by atoms with van der Waals surface area (Å²) in [5.74, 6) is -1.46. The van der Waals surface area contributed by atoms with Crippen LogP contribution in [0.5, 0.6) is 0 Å². The minimum atomic E-state index is -0.554. The Hall–Kier alpha value is -2.67. The molecular weight excluding hydrogens is 378 g/mol. The molecule has 7 heteroatoms. The number of fused-ring (bicyclic) bond motifs is 1. The van der Waals surface area contributed by atoms with Gasteiger partial charge < -0.3 is 14.8 Å². The van der Waals surface area contributed by atoms with Crippen LogP contribution in [-0.4, -0.2) is 31.1 Å². The second-order valence-corrected chi connectivity index (χ2v) is 7.89. The van der Waals surface area contributed by atoms with Crippen molar-refractivity contribution in [2.24, 2.45) is 0 Å². The van der Waals surface area contributed by atoms with Crippen LogP contribution < -0.4 is 5.32 Å². The highest BCUT2D eigenvalue weighted by molar-refractivity contribution is 7.17. The van der Waals surface area contributed by atoms with Crippen LogP contribution in [0.4, 0.5) is 5.00 Å². The van der Waals surface area contributed by atoms with Crippen molar-refractivity contribution in [1.29, 1.82) is 0 Å². The van der Waals surface area contributed by atoms with Crippen LogP contribution in [0.25, 0.3) is 0 Å². The molecule has 1 aliphatic rings. The van der Waals surface area contributed by atoms with E-state index in [1.54, 1.807) is 19.1 Å². The van der Waals surface area contributed by atoms with Crippen molar-refractivity contribution in [1.82, 2.24) is 0 Å². The lowest BCUT2D eigenvalue weighted by molar-refractivity contribution is -0.119. The predicted octanol–water partition coefficient (Wildman–Crippen LogP) is 3.83. The second-order valence-electron chi connectivity index (χ2n) is 6.78. The van der Waals surface area contributed by atoms with E-state index in [9.17, 15) is 14.4 Å². The number of anilines is 1. The van der Waals surface area contributed by atoms with Gasteiger partial charge >= 0.3 is 11.9 Å². The minimum absolute atomic E-state index is 0.268. The predicted molar refractivity (Wildman–Crippen MR) is 107 cm³/mol. The normalized spacial score (nSPS) is 12.4. The first kappa shape index (κ1) is 20.1. The average molecular weight is 401 g/mol. The van der Waals surface area contributed by atoms with Gasteiger partial charge in [0.05, 0.1) is 17.7 Å². The Labute approximate surface area is 167 Å². The summed E-state index contributed by atoms with van der Waals surface area (Å²) in [5, 5.41) is 3.18. The molecule has 1 aromatic heterocycles. The first-order valence-electron chi connectivity index (χ1n) is 9.26. The molecule has 1 amide bonds. The number of benzene rings is 1. The Kier molecular flexibility index (Phi) is 6.14. The van der Waals surface area contributed by atoms with Gasteiger partial charge in [0.1, 0.15) is 5.00 Å². The number of rotatable bonds is 6. The van der Waals surface area contributed by atoms with Crippen LogP contribution in [0.2, 0.25) is 0 Å². The molecule has 0 saturated heterocycles. The number of thiophene rings is 1. The minimum Gasteiger partial charge on any atom is -0.462 e. The van der Waals surface area contributed by atoms with Gasteiger partial charge in [0.2, 0.25) is 0 Å². The van der Waals surface area contributed by atoms with Gasteiger partial charge in [0, 0.05) is 4.88 Å². The number of aryl methyl sites for hydroxylation is 3. The van der Waals surface area contributed by atoms with E-state index in [2.05, 4.69) is 5.32 Å². The van der Waals surface area contributed by atoms with Gasteiger partial charge in [-0.05, 0) is 57.7 Å². The Bertz CT molecular complexity index is 911. The molecule has 1 aliphatic carbocycles. The molecule has 0 atom stereocenters. The highest BCUT2D eigenvalue weighted by atomic mass is 32.1. The fourth-order valence-corrected chi connectivity index (χ4v) is 4.67. The maximum absolute atomic E-state index is 12.3. The maximum Gasteiger partial charge on any atom is 0.341 e. The fraction of sp³-hybridized carbons (Fsp3) is 0.381. The zero-order valence-corrected chi connectivity index (χ0v) is 17.0. The van der Waals surface area contributed by atoms with E-state index in [0.29, 0.717) is 16.1 Å². The largest absolute Gasteiger partial charge is 0.462 e. The number of carbonyl (C=O) groups excluding carboxylic acids is 3.